The molecule has 1 aromatic carbocycles. The molecular weight excluding hydrogens is 303 g/mol. The topological polar surface area (TPSA) is 16.1 Å². The Hall–Kier alpha value is -1.35. The van der Waals surface area contributed by atoms with E-state index in [1.54, 1.807) is 0 Å². The van der Waals surface area contributed by atoms with Crippen LogP contribution in [0, 0.1) is 0 Å². The number of pyridine rings is 1. The van der Waals surface area contributed by atoms with Crippen molar-refractivity contribution in [1.29, 1.82) is 0 Å². The molecule has 0 unspecified atom stereocenters. The Morgan fingerprint density at radius 1 is 1.05 bits per heavy atom. The molecule has 0 atom stereocenters. The van der Waals surface area contributed by atoms with Gasteiger partial charge in [-0.1, -0.05) is 59.6 Å². The second-order valence-electron chi connectivity index (χ2n) is 5.20. The van der Waals surface area contributed by atoms with Gasteiger partial charge in [0.15, 0.2) is 0 Å². The molecule has 0 bridgehead atoms. The summed E-state index contributed by atoms with van der Waals surface area (Å²) >= 11 is 11.9. The van der Waals surface area contributed by atoms with Crippen LogP contribution in [0.5, 0.6) is 0 Å². The highest BCUT2D eigenvalue weighted by atomic mass is 35.5. The van der Waals surface area contributed by atoms with Gasteiger partial charge in [0.05, 0.1) is 0 Å². The van der Waals surface area contributed by atoms with Crippen molar-refractivity contribution in [2.24, 2.45) is 0 Å². The fraction of sp³-hybridized carbons (Fsp3) is 0.235. The number of benzene rings is 1. The summed E-state index contributed by atoms with van der Waals surface area (Å²) in [5, 5.41) is 0.907. The highest BCUT2D eigenvalue weighted by Gasteiger charge is 2.13. The smallest absolute Gasteiger partial charge is 0.131 e. The number of hydrogen-bond acceptors (Lipinski definition) is 2. The summed E-state index contributed by atoms with van der Waals surface area (Å²) in [6, 6.07) is 14.3. The molecule has 0 amide bonds. The minimum absolute atomic E-state index is 0.454. The molecule has 1 aromatic heterocycles. The number of hydrogen-bond donors (Lipinski definition) is 0. The first-order chi connectivity index (χ1) is 10.2. The second kappa shape index (κ2) is 6.61. The molecule has 2 nitrogen and oxygen atoms in total. The molecule has 3 rings (SSSR count). The quantitative estimate of drug-likeness (QED) is 0.764. The van der Waals surface area contributed by atoms with Gasteiger partial charge >= 0.3 is 0 Å². The Labute approximate surface area is 135 Å². The predicted octanol–water partition coefficient (Wildman–Crippen LogP) is 4.68. The van der Waals surface area contributed by atoms with Gasteiger partial charge in [-0.25, -0.2) is 4.98 Å². The van der Waals surface area contributed by atoms with Crippen molar-refractivity contribution >= 4 is 28.8 Å². The molecule has 0 fully saturated rings. The SMILES string of the molecule is Clc1cc(CN2CC=C(c3ccccc3)CC2)cc(Cl)n1. The van der Waals surface area contributed by atoms with E-state index >= 15 is 0 Å². The van der Waals surface area contributed by atoms with Crippen LogP contribution in [0.2, 0.25) is 10.3 Å². The Morgan fingerprint density at radius 3 is 2.38 bits per heavy atom. The van der Waals surface area contributed by atoms with Crippen LogP contribution in [0.25, 0.3) is 5.57 Å². The van der Waals surface area contributed by atoms with Crippen molar-refractivity contribution in [3.63, 3.8) is 0 Å². The number of aromatic nitrogens is 1. The second-order valence-corrected chi connectivity index (χ2v) is 5.98. The summed E-state index contributed by atoms with van der Waals surface area (Å²) in [4.78, 5) is 6.36. The molecule has 21 heavy (non-hydrogen) atoms. The molecule has 1 aliphatic rings. The number of nitrogens with zero attached hydrogens (tertiary/aromatic N) is 2. The average Bonchev–Trinajstić information content (AvgIpc) is 2.48. The molecule has 0 radical (unpaired) electrons. The van der Waals surface area contributed by atoms with Gasteiger partial charge in [-0.3, -0.25) is 4.90 Å². The monoisotopic (exact) mass is 318 g/mol. The third kappa shape index (κ3) is 3.85. The highest BCUT2D eigenvalue weighted by Crippen LogP contribution is 2.23. The Bertz CT molecular complexity index is 633. The first-order valence-corrected chi connectivity index (χ1v) is 7.75. The van der Waals surface area contributed by atoms with Crippen LogP contribution < -0.4 is 0 Å². The zero-order chi connectivity index (χ0) is 14.7. The number of halogens is 2. The van der Waals surface area contributed by atoms with E-state index in [4.69, 9.17) is 23.2 Å². The predicted molar refractivity (Wildman–Crippen MR) is 88.6 cm³/mol. The molecule has 2 aromatic rings. The first kappa shape index (κ1) is 14.6. The summed E-state index contributed by atoms with van der Waals surface area (Å²) in [6.07, 6.45) is 3.37. The molecule has 1 aliphatic heterocycles. The minimum atomic E-state index is 0.454. The normalized spacial score (nSPS) is 15.8. The summed E-state index contributed by atoms with van der Waals surface area (Å²) in [5.74, 6) is 0. The van der Waals surface area contributed by atoms with Gasteiger partial charge in [0.2, 0.25) is 0 Å². The molecule has 0 aliphatic carbocycles. The van der Waals surface area contributed by atoms with Crippen LogP contribution in [-0.2, 0) is 6.54 Å². The lowest BCUT2D eigenvalue weighted by molar-refractivity contribution is 0.294. The zero-order valence-corrected chi connectivity index (χ0v) is 13.1. The van der Waals surface area contributed by atoms with Crippen molar-refractivity contribution in [2.75, 3.05) is 13.1 Å². The Balaban J connectivity index is 1.67. The fourth-order valence-electron chi connectivity index (χ4n) is 2.63. The molecule has 0 saturated carbocycles. The Morgan fingerprint density at radius 2 is 1.76 bits per heavy atom. The molecule has 4 heteroatoms. The van der Waals surface area contributed by atoms with Gasteiger partial charge in [0.25, 0.3) is 0 Å². The molecule has 0 saturated heterocycles. The van der Waals surface area contributed by atoms with Crippen molar-refractivity contribution < 1.29 is 0 Å². The van der Waals surface area contributed by atoms with E-state index < -0.39 is 0 Å². The third-order valence-electron chi connectivity index (χ3n) is 3.67. The highest BCUT2D eigenvalue weighted by molar-refractivity contribution is 6.32. The molecule has 0 spiro atoms. The maximum atomic E-state index is 5.95. The van der Waals surface area contributed by atoms with Crippen LogP contribution in [0.1, 0.15) is 17.5 Å². The van der Waals surface area contributed by atoms with Gasteiger partial charge in [0, 0.05) is 19.6 Å². The summed E-state index contributed by atoms with van der Waals surface area (Å²) in [7, 11) is 0. The number of rotatable bonds is 3. The van der Waals surface area contributed by atoms with E-state index in [1.165, 1.54) is 11.1 Å². The molecule has 108 valence electrons. The van der Waals surface area contributed by atoms with E-state index in [-0.39, 0.29) is 0 Å². The standard InChI is InChI=1S/C17H16Cl2N2/c18-16-10-13(11-17(19)20-16)12-21-8-6-15(7-9-21)14-4-2-1-3-5-14/h1-6,10-11H,7-9,12H2. The van der Waals surface area contributed by atoms with Crippen molar-refractivity contribution in [2.45, 2.75) is 13.0 Å². The van der Waals surface area contributed by atoms with Crippen LogP contribution >= 0.6 is 23.2 Å². The largest absolute Gasteiger partial charge is 0.295 e. The summed E-state index contributed by atoms with van der Waals surface area (Å²) < 4.78 is 0. The van der Waals surface area contributed by atoms with Crippen molar-refractivity contribution in [1.82, 2.24) is 9.88 Å². The van der Waals surface area contributed by atoms with Crippen LogP contribution in [0.4, 0.5) is 0 Å². The lowest BCUT2D eigenvalue weighted by atomic mass is 9.99. The van der Waals surface area contributed by atoms with Crippen LogP contribution in [0.15, 0.2) is 48.5 Å². The maximum Gasteiger partial charge on any atom is 0.131 e. The third-order valence-corrected chi connectivity index (χ3v) is 4.05. The minimum Gasteiger partial charge on any atom is -0.295 e. The van der Waals surface area contributed by atoms with Gasteiger partial charge in [-0.2, -0.15) is 0 Å². The first-order valence-electron chi connectivity index (χ1n) is 6.99. The lowest BCUT2D eigenvalue weighted by Crippen LogP contribution is -2.28. The lowest BCUT2D eigenvalue weighted by Gasteiger charge is -2.26. The van der Waals surface area contributed by atoms with E-state index in [0.29, 0.717) is 10.3 Å². The van der Waals surface area contributed by atoms with E-state index in [9.17, 15) is 0 Å². The molecular formula is C17H16Cl2N2. The maximum absolute atomic E-state index is 5.95. The van der Waals surface area contributed by atoms with Crippen LogP contribution in [0.3, 0.4) is 0 Å². The van der Waals surface area contributed by atoms with Crippen molar-refractivity contribution in [3.8, 4) is 0 Å². The average molecular weight is 319 g/mol. The van der Waals surface area contributed by atoms with Gasteiger partial charge < -0.3 is 0 Å². The van der Waals surface area contributed by atoms with Crippen molar-refractivity contribution in [3.05, 3.63) is 70.0 Å². The molecule has 2 heterocycles. The molecule has 0 N–H and O–H groups in total. The zero-order valence-electron chi connectivity index (χ0n) is 11.6. The van der Waals surface area contributed by atoms with E-state index in [2.05, 4.69) is 46.3 Å². The fourth-order valence-corrected chi connectivity index (χ4v) is 3.14. The van der Waals surface area contributed by atoms with E-state index in [0.717, 1.165) is 31.6 Å². The van der Waals surface area contributed by atoms with Gasteiger partial charge in [-0.05, 0) is 35.3 Å². The van der Waals surface area contributed by atoms with Gasteiger partial charge in [-0.15, -0.1) is 0 Å². The van der Waals surface area contributed by atoms with E-state index in [1.807, 2.05) is 12.1 Å². The summed E-state index contributed by atoms with van der Waals surface area (Å²) in [5.41, 5.74) is 3.86. The Kier molecular flexibility index (Phi) is 4.59. The van der Waals surface area contributed by atoms with Gasteiger partial charge in [0.1, 0.15) is 10.3 Å². The van der Waals surface area contributed by atoms with Crippen LogP contribution in [-0.4, -0.2) is 23.0 Å². The summed E-state index contributed by atoms with van der Waals surface area (Å²) in [6.45, 7) is 2.83.